The van der Waals surface area contributed by atoms with Crippen molar-refractivity contribution >= 4 is 5.97 Å². The molecule has 2 saturated heterocycles. The van der Waals surface area contributed by atoms with Gasteiger partial charge >= 0.3 is 5.97 Å². The van der Waals surface area contributed by atoms with E-state index in [1.54, 1.807) is 7.11 Å². The SMILES string of the molecule is [2H]C(OC(C)=O)[C@H]1[C@H](OCc2ccccc2)[C@@H](OCc2ccccc2)C(OC[C@H]2O[C@H](OC)[C@H](OCc3ccccc3)[C@@H](OCc3ccccc3)[C@@H]2OCc2ccccc2)O[C@@H]1COCc1ccccc1. The van der Waals surface area contributed by atoms with Gasteiger partial charge in [-0.3, -0.25) is 4.79 Å². The minimum absolute atomic E-state index is 0.0109. The first-order chi connectivity index (χ1) is 34.9. The molecule has 2 fully saturated rings. The molecule has 6 aromatic carbocycles. The highest BCUT2D eigenvalue weighted by molar-refractivity contribution is 5.65. The van der Waals surface area contributed by atoms with Crippen molar-refractivity contribution in [3.05, 3.63) is 215 Å². The van der Waals surface area contributed by atoms with Crippen LogP contribution in [-0.2, 0) is 96.5 Å². The summed E-state index contributed by atoms with van der Waals surface area (Å²) in [5.74, 6) is -1.50. The van der Waals surface area contributed by atoms with E-state index in [9.17, 15) is 6.17 Å². The predicted molar refractivity (Wildman–Crippen MR) is 262 cm³/mol. The maximum atomic E-state index is 12.6. The summed E-state index contributed by atoms with van der Waals surface area (Å²) >= 11 is 0. The van der Waals surface area contributed by atoms with E-state index in [1.807, 2.05) is 182 Å². The van der Waals surface area contributed by atoms with E-state index in [0.717, 1.165) is 33.4 Å². The number of ether oxygens (including phenoxy) is 11. The molecular formula is C58H64O12. The van der Waals surface area contributed by atoms with Crippen molar-refractivity contribution in [2.45, 2.75) is 102 Å². The van der Waals surface area contributed by atoms with E-state index >= 15 is 0 Å². The molecule has 368 valence electrons. The average Bonchev–Trinajstić information content (AvgIpc) is 3.41. The molecule has 11 atom stereocenters. The maximum Gasteiger partial charge on any atom is 0.302 e. The fourth-order valence-electron chi connectivity index (χ4n) is 8.59. The lowest BCUT2D eigenvalue weighted by molar-refractivity contribution is -0.346. The van der Waals surface area contributed by atoms with Crippen LogP contribution in [0.4, 0.5) is 0 Å². The number of rotatable bonds is 25. The first-order valence-electron chi connectivity index (χ1n) is 24.4. The van der Waals surface area contributed by atoms with Gasteiger partial charge < -0.3 is 52.1 Å². The Morgan fingerprint density at radius 2 is 0.786 bits per heavy atom. The van der Waals surface area contributed by atoms with E-state index < -0.39 is 73.8 Å². The second kappa shape index (κ2) is 27.1. The third kappa shape index (κ3) is 15.0. The Balaban J connectivity index is 1.13. The van der Waals surface area contributed by atoms with Crippen molar-refractivity contribution in [1.82, 2.24) is 0 Å². The topological polar surface area (TPSA) is 119 Å². The summed E-state index contributed by atoms with van der Waals surface area (Å²) in [6, 6.07) is 59.0. The summed E-state index contributed by atoms with van der Waals surface area (Å²) in [6.07, 6.45) is -7.79. The number of hydrogen-bond donors (Lipinski definition) is 0. The molecule has 0 aliphatic carbocycles. The van der Waals surface area contributed by atoms with Crippen LogP contribution >= 0.6 is 0 Å². The molecule has 0 saturated carbocycles. The highest BCUT2D eigenvalue weighted by atomic mass is 16.7. The third-order valence-electron chi connectivity index (χ3n) is 12.2. The van der Waals surface area contributed by atoms with Gasteiger partial charge in [-0.2, -0.15) is 0 Å². The number of esters is 1. The smallest absolute Gasteiger partial charge is 0.302 e. The van der Waals surface area contributed by atoms with Gasteiger partial charge in [-0.15, -0.1) is 0 Å². The van der Waals surface area contributed by atoms with Gasteiger partial charge in [0.1, 0.15) is 30.5 Å². The zero-order valence-corrected chi connectivity index (χ0v) is 39.7. The Morgan fingerprint density at radius 1 is 0.429 bits per heavy atom. The van der Waals surface area contributed by atoms with Crippen molar-refractivity contribution in [3.8, 4) is 0 Å². The van der Waals surface area contributed by atoms with Crippen LogP contribution in [0.5, 0.6) is 0 Å². The van der Waals surface area contributed by atoms with Crippen LogP contribution < -0.4 is 0 Å². The zero-order chi connectivity index (χ0) is 49.0. The molecule has 0 radical (unpaired) electrons. The Morgan fingerprint density at radius 3 is 1.20 bits per heavy atom. The fourth-order valence-corrected chi connectivity index (χ4v) is 8.59. The van der Waals surface area contributed by atoms with Crippen molar-refractivity contribution in [3.63, 3.8) is 0 Å². The normalized spacial score (nSPS) is 25.1. The summed E-state index contributed by atoms with van der Waals surface area (Å²) in [5.41, 5.74) is 5.64. The molecule has 0 bridgehead atoms. The number of carbonyl (C=O) groups excluding carboxylic acids is 1. The largest absolute Gasteiger partial charge is 0.465 e. The van der Waals surface area contributed by atoms with Gasteiger partial charge in [0.2, 0.25) is 0 Å². The van der Waals surface area contributed by atoms with Gasteiger partial charge in [-0.05, 0) is 33.4 Å². The molecule has 12 nitrogen and oxygen atoms in total. The summed E-state index contributed by atoms with van der Waals surface area (Å²) < 4.78 is 82.2. The number of benzene rings is 6. The minimum atomic E-state index is -1.42. The van der Waals surface area contributed by atoms with Crippen LogP contribution in [0.2, 0.25) is 0 Å². The number of carbonyl (C=O) groups is 1. The number of methoxy groups -OCH3 is 1. The average molecular weight is 954 g/mol. The maximum absolute atomic E-state index is 12.6. The zero-order valence-electron chi connectivity index (χ0n) is 40.7. The van der Waals surface area contributed by atoms with E-state index in [-0.39, 0.29) is 52.9 Å². The molecule has 12 heteroatoms. The minimum Gasteiger partial charge on any atom is -0.465 e. The van der Waals surface area contributed by atoms with Gasteiger partial charge in [-0.25, -0.2) is 0 Å². The van der Waals surface area contributed by atoms with E-state index in [2.05, 4.69) is 0 Å². The molecule has 2 unspecified atom stereocenters. The highest BCUT2D eigenvalue weighted by Crippen LogP contribution is 2.36. The molecule has 0 N–H and O–H groups in total. The third-order valence-corrected chi connectivity index (χ3v) is 12.2. The monoisotopic (exact) mass is 953 g/mol. The van der Waals surface area contributed by atoms with Crippen LogP contribution in [0.15, 0.2) is 182 Å². The summed E-state index contributed by atoms with van der Waals surface area (Å²) in [6.45, 7) is 1.13. The van der Waals surface area contributed by atoms with E-state index in [0.29, 0.717) is 0 Å². The first-order valence-corrected chi connectivity index (χ1v) is 23.9. The molecule has 2 aliphatic rings. The summed E-state index contributed by atoms with van der Waals surface area (Å²) in [4.78, 5) is 12.6. The standard InChI is InChI=1S/C58H64O12/c1-42(59)62-39-49-50(40-61-33-43-21-9-3-10-22-43)69-58(55(66-37-47-29-17-7-18-30-47)52(49)63-34-44-23-11-4-12-24-44)68-41-51-53(64-35-45-25-13-5-14-26-45)54(65-36-46-27-15-6-16-28-46)56(57(60-2)70-51)67-38-48-31-19-8-20-32-48/h3-32,49-58H,33-41H2,1-2H3/t49-,50-,51-,52+,53-,54+,55-,56-,57+,58?/m1/s1/i39D/t39?,49-,50-,51-,52+,53-,54+,55-,56-,57+,58?. The lowest BCUT2D eigenvalue weighted by atomic mass is 9.89. The molecule has 2 aliphatic heterocycles. The van der Waals surface area contributed by atoms with E-state index in [1.165, 1.54) is 6.92 Å². The van der Waals surface area contributed by atoms with Gasteiger partial charge in [0.25, 0.3) is 0 Å². The summed E-state index contributed by atoms with van der Waals surface area (Å²) in [5, 5.41) is 0. The first kappa shape index (κ1) is 49.4. The molecule has 0 amide bonds. The fraction of sp³-hybridized carbons (Fsp3) is 0.362. The van der Waals surface area contributed by atoms with Crippen LogP contribution in [0.3, 0.4) is 0 Å². The van der Waals surface area contributed by atoms with Gasteiger partial charge in [0, 0.05) is 14.0 Å². The van der Waals surface area contributed by atoms with Crippen molar-refractivity contribution in [1.29, 1.82) is 0 Å². The highest BCUT2D eigenvalue weighted by Gasteiger charge is 2.52. The lowest BCUT2D eigenvalue weighted by Crippen LogP contribution is -2.63. The Bertz CT molecular complexity index is 2410. The molecule has 2 heterocycles. The molecule has 6 aromatic rings. The molecule has 0 spiro atoms. The Hall–Kier alpha value is -5.61. The second-order valence-corrected chi connectivity index (χ2v) is 17.3. The van der Waals surface area contributed by atoms with Crippen molar-refractivity contribution in [2.24, 2.45) is 5.92 Å². The van der Waals surface area contributed by atoms with Crippen LogP contribution in [-0.4, -0.2) is 88.2 Å². The van der Waals surface area contributed by atoms with Gasteiger partial charge in [-0.1, -0.05) is 182 Å². The molecule has 8 rings (SSSR count). The molecular weight excluding hydrogens is 889 g/mol. The van der Waals surface area contributed by atoms with Crippen LogP contribution in [0, 0.1) is 5.92 Å². The Kier molecular flexibility index (Phi) is 19.1. The lowest BCUT2D eigenvalue weighted by Gasteiger charge is -2.48. The Labute approximate surface area is 413 Å². The van der Waals surface area contributed by atoms with Gasteiger partial charge in [0.15, 0.2) is 12.6 Å². The number of hydrogen-bond acceptors (Lipinski definition) is 12. The van der Waals surface area contributed by atoms with Crippen LogP contribution in [0.25, 0.3) is 0 Å². The second-order valence-electron chi connectivity index (χ2n) is 17.3. The van der Waals surface area contributed by atoms with Gasteiger partial charge in [0.05, 0.1) is 78.9 Å². The summed E-state index contributed by atoms with van der Waals surface area (Å²) in [7, 11) is 1.58. The van der Waals surface area contributed by atoms with Crippen molar-refractivity contribution in [2.75, 3.05) is 26.9 Å². The van der Waals surface area contributed by atoms with Crippen molar-refractivity contribution < 1.29 is 58.3 Å². The van der Waals surface area contributed by atoms with E-state index in [4.69, 9.17) is 52.1 Å². The molecule has 0 aromatic heterocycles. The van der Waals surface area contributed by atoms with Crippen LogP contribution in [0.1, 0.15) is 41.7 Å². The molecule has 70 heavy (non-hydrogen) atoms. The predicted octanol–water partition coefficient (Wildman–Crippen LogP) is 9.42. The quantitative estimate of drug-likeness (QED) is 0.0509.